The summed E-state index contributed by atoms with van der Waals surface area (Å²) in [6, 6.07) is 0. The second-order valence-corrected chi connectivity index (χ2v) is 14.0. The van der Waals surface area contributed by atoms with Crippen LogP contribution < -0.4 is 0 Å². The van der Waals surface area contributed by atoms with Gasteiger partial charge in [-0.05, 0) is 81.9 Å². The molecular weight excluding hydrogens is 528 g/mol. The Morgan fingerprint density at radius 1 is 0.651 bits per heavy atom. The monoisotopic (exact) mass is 584 g/mol. The van der Waals surface area contributed by atoms with Crippen LogP contribution in [0.2, 0.25) is 0 Å². The molecule has 0 amide bonds. The van der Waals surface area contributed by atoms with E-state index in [4.69, 9.17) is 0 Å². The highest BCUT2D eigenvalue weighted by Gasteiger charge is 2.43. The SMILES string of the molecule is CC(C=CC=CC(C)=CC=CC(C)=CC=C1C(C)(C)CC(O)CC1(C)O)=CC=CC(C)=CC=C1C(C)=CC(O)CC1(C)C. The highest BCUT2D eigenvalue weighted by molar-refractivity contribution is 5.42. The molecule has 0 bridgehead atoms. The molecule has 0 aliphatic heterocycles. The molecule has 3 atom stereocenters. The van der Waals surface area contributed by atoms with Crippen molar-refractivity contribution in [1.29, 1.82) is 0 Å². The zero-order valence-corrected chi connectivity index (χ0v) is 28.3. The van der Waals surface area contributed by atoms with Crippen molar-refractivity contribution in [3.05, 3.63) is 130 Å². The van der Waals surface area contributed by atoms with Gasteiger partial charge in [0, 0.05) is 6.42 Å². The second kappa shape index (κ2) is 15.7. The van der Waals surface area contributed by atoms with Gasteiger partial charge in [-0.25, -0.2) is 0 Å². The van der Waals surface area contributed by atoms with Crippen molar-refractivity contribution < 1.29 is 15.3 Å². The maximum atomic E-state index is 10.9. The summed E-state index contributed by atoms with van der Waals surface area (Å²) >= 11 is 0. The summed E-state index contributed by atoms with van der Waals surface area (Å²) < 4.78 is 0. The van der Waals surface area contributed by atoms with E-state index in [1.165, 1.54) is 16.7 Å². The molecule has 3 heteroatoms. The van der Waals surface area contributed by atoms with E-state index in [9.17, 15) is 15.3 Å². The minimum atomic E-state index is -0.996. The number of rotatable bonds is 9. The van der Waals surface area contributed by atoms with Gasteiger partial charge in [-0.15, -0.1) is 0 Å². The van der Waals surface area contributed by atoms with E-state index in [-0.39, 0.29) is 16.9 Å². The van der Waals surface area contributed by atoms with Crippen LogP contribution in [0.15, 0.2) is 130 Å². The summed E-state index contributed by atoms with van der Waals surface area (Å²) in [4.78, 5) is 0. The van der Waals surface area contributed by atoms with E-state index in [1.54, 1.807) is 6.92 Å². The molecule has 2 rings (SSSR count). The summed E-state index contributed by atoms with van der Waals surface area (Å²) in [5.74, 6) is 0. The standard InChI is InChI=1S/C40H56O3/c1-29(17-13-19-31(3)21-23-36-33(5)25-34(41)26-38(36,6)7)15-11-12-16-30(2)18-14-20-32(4)22-24-37-39(8,9)27-35(42)28-40(37,10)43/h11-25,34-35,41-43H,26-28H2,1-10H3. The van der Waals surface area contributed by atoms with Gasteiger partial charge in [-0.3, -0.25) is 0 Å². The van der Waals surface area contributed by atoms with Crippen LogP contribution in [0.3, 0.4) is 0 Å². The summed E-state index contributed by atoms with van der Waals surface area (Å²) in [5.41, 5.74) is 6.72. The topological polar surface area (TPSA) is 60.7 Å². The van der Waals surface area contributed by atoms with E-state index in [2.05, 4.69) is 123 Å². The molecule has 0 aromatic rings. The minimum Gasteiger partial charge on any atom is -0.393 e. The summed E-state index contributed by atoms with van der Waals surface area (Å²) in [5, 5.41) is 31.1. The van der Waals surface area contributed by atoms with Crippen LogP contribution in [-0.2, 0) is 0 Å². The Hall–Kier alpha value is -2.98. The lowest BCUT2D eigenvalue weighted by atomic mass is 9.65. The van der Waals surface area contributed by atoms with E-state index in [1.807, 2.05) is 30.4 Å². The Bertz CT molecular complexity index is 1300. The fraction of sp³-hybridized carbons (Fsp3) is 0.450. The van der Waals surface area contributed by atoms with Crippen LogP contribution >= 0.6 is 0 Å². The normalized spacial score (nSPS) is 29.7. The van der Waals surface area contributed by atoms with Crippen molar-refractivity contribution in [3.8, 4) is 0 Å². The molecule has 2 aliphatic carbocycles. The van der Waals surface area contributed by atoms with Gasteiger partial charge < -0.3 is 15.3 Å². The molecule has 0 heterocycles. The molecule has 0 saturated heterocycles. The smallest absolute Gasteiger partial charge is 0.0861 e. The Labute approximate surface area is 262 Å². The van der Waals surface area contributed by atoms with E-state index < -0.39 is 11.7 Å². The number of hydrogen-bond donors (Lipinski definition) is 3. The van der Waals surface area contributed by atoms with Crippen molar-refractivity contribution in [2.24, 2.45) is 10.8 Å². The van der Waals surface area contributed by atoms with Crippen molar-refractivity contribution in [2.45, 2.75) is 106 Å². The van der Waals surface area contributed by atoms with Gasteiger partial charge in [-0.1, -0.05) is 141 Å². The summed E-state index contributed by atoms with van der Waals surface area (Å²) in [6.07, 6.45) is 32.1. The first-order chi connectivity index (χ1) is 19.9. The Morgan fingerprint density at radius 3 is 1.60 bits per heavy atom. The molecule has 3 unspecified atom stereocenters. The lowest BCUT2D eigenvalue weighted by Gasteiger charge is -2.45. The zero-order valence-electron chi connectivity index (χ0n) is 28.3. The number of hydrogen-bond acceptors (Lipinski definition) is 3. The Kier molecular flexibility index (Phi) is 13.2. The van der Waals surface area contributed by atoms with Crippen LogP contribution in [0.4, 0.5) is 0 Å². The first-order valence-electron chi connectivity index (χ1n) is 15.5. The Morgan fingerprint density at radius 2 is 1.12 bits per heavy atom. The molecule has 1 fully saturated rings. The van der Waals surface area contributed by atoms with Gasteiger partial charge in [0.2, 0.25) is 0 Å². The van der Waals surface area contributed by atoms with Crippen LogP contribution in [0, 0.1) is 10.8 Å². The molecule has 0 spiro atoms. The predicted molar refractivity (Wildman–Crippen MR) is 186 cm³/mol. The van der Waals surface area contributed by atoms with Crippen molar-refractivity contribution in [3.63, 3.8) is 0 Å². The van der Waals surface area contributed by atoms with E-state index >= 15 is 0 Å². The molecule has 3 nitrogen and oxygen atoms in total. The molecule has 0 aromatic carbocycles. The first-order valence-corrected chi connectivity index (χ1v) is 15.5. The van der Waals surface area contributed by atoms with E-state index in [0.29, 0.717) is 12.8 Å². The van der Waals surface area contributed by atoms with Crippen molar-refractivity contribution in [2.75, 3.05) is 0 Å². The van der Waals surface area contributed by atoms with Crippen molar-refractivity contribution >= 4 is 0 Å². The third-order valence-electron chi connectivity index (χ3n) is 8.30. The fourth-order valence-corrected chi connectivity index (χ4v) is 6.20. The number of aliphatic hydroxyl groups excluding tert-OH is 2. The average molecular weight is 585 g/mol. The molecule has 0 radical (unpaired) electrons. The highest BCUT2D eigenvalue weighted by atomic mass is 16.3. The van der Waals surface area contributed by atoms with Gasteiger partial charge in [0.1, 0.15) is 0 Å². The molecule has 234 valence electrons. The molecule has 43 heavy (non-hydrogen) atoms. The largest absolute Gasteiger partial charge is 0.393 e. The van der Waals surface area contributed by atoms with Crippen LogP contribution in [-0.4, -0.2) is 33.1 Å². The quantitative estimate of drug-likeness (QED) is 0.237. The van der Waals surface area contributed by atoms with Crippen LogP contribution in [0.5, 0.6) is 0 Å². The molecular formula is C40H56O3. The predicted octanol–water partition coefficient (Wildman–Crippen LogP) is 9.52. The second-order valence-electron chi connectivity index (χ2n) is 14.0. The third-order valence-corrected chi connectivity index (χ3v) is 8.30. The number of allylic oxidation sites excluding steroid dienone is 20. The van der Waals surface area contributed by atoms with Gasteiger partial charge in [0.15, 0.2) is 0 Å². The molecule has 3 N–H and O–H groups in total. The number of aliphatic hydroxyl groups is 3. The maximum absolute atomic E-state index is 10.9. The lowest BCUT2D eigenvalue weighted by molar-refractivity contribution is -0.0271. The average Bonchev–Trinajstić information content (AvgIpc) is 2.83. The molecule has 1 saturated carbocycles. The zero-order chi connectivity index (χ0) is 32.4. The fourth-order valence-electron chi connectivity index (χ4n) is 6.20. The van der Waals surface area contributed by atoms with Crippen LogP contribution in [0.1, 0.15) is 88.5 Å². The van der Waals surface area contributed by atoms with Gasteiger partial charge >= 0.3 is 0 Å². The van der Waals surface area contributed by atoms with Crippen LogP contribution in [0.25, 0.3) is 0 Å². The lowest BCUT2D eigenvalue weighted by Crippen LogP contribution is -2.45. The maximum Gasteiger partial charge on any atom is 0.0861 e. The first kappa shape index (κ1) is 36.2. The molecule has 2 aliphatic rings. The molecule has 0 aromatic heterocycles. The third kappa shape index (κ3) is 11.9. The summed E-state index contributed by atoms with van der Waals surface area (Å²) in [6.45, 7) is 20.7. The Balaban J connectivity index is 1.94. The van der Waals surface area contributed by atoms with Crippen molar-refractivity contribution in [1.82, 2.24) is 0 Å². The minimum absolute atomic E-state index is 0.0339. The highest BCUT2D eigenvalue weighted by Crippen LogP contribution is 2.46. The summed E-state index contributed by atoms with van der Waals surface area (Å²) in [7, 11) is 0. The van der Waals surface area contributed by atoms with Gasteiger partial charge in [-0.2, -0.15) is 0 Å². The van der Waals surface area contributed by atoms with Gasteiger partial charge in [0.05, 0.1) is 17.8 Å². The van der Waals surface area contributed by atoms with Gasteiger partial charge in [0.25, 0.3) is 0 Å². The van der Waals surface area contributed by atoms with E-state index in [0.717, 1.165) is 28.7 Å².